The van der Waals surface area contributed by atoms with Crippen molar-refractivity contribution in [3.63, 3.8) is 0 Å². The van der Waals surface area contributed by atoms with Crippen LogP contribution in [-0.2, 0) is 9.53 Å². The maximum absolute atomic E-state index is 11.2. The Bertz CT molecular complexity index is 334. The monoisotopic (exact) mass is 222 g/mol. The van der Waals surface area contributed by atoms with Crippen molar-refractivity contribution in [2.45, 2.75) is 26.7 Å². The molecular formula is C13H18O3. The summed E-state index contributed by atoms with van der Waals surface area (Å²) in [6.07, 6.45) is 1.15. The third kappa shape index (κ3) is 4.82. The summed E-state index contributed by atoms with van der Waals surface area (Å²) in [5.41, 5.74) is 1.14. The van der Waals surface area contributed by atoms with Gasteiger partial charge < -0.3 is 9.47 Å². The van der Waals surface area contributed by atoms with Crippen LogP contribution in [0.2, 0.25) is 0 Å². The van der Waals surface area contributed by atoms with E-state index in [1.54, 1.807) is 0 Å². The minimum absolute atomic E-state index is 0.200. The Kier molecular flexibility index (Phi) is 5.40. The van der Waals surface area contributed by atoms with Gasteiger partial charge in [-0.15, -0.1) is 0 Å². The summed E-state index contributed by atoms with van der Waals surface area (Å²) < 4.78 is 10.4. The molecule has 1 aromatic carbocycles. The zero-order chi connectivity index (χ0) is 11.8. The van der Waals surface area contributed by atoms with Crippen LogP contribution in [0.4, 0.5) is 0 Å². The quantitative estimate of drug-likeness (QED) is 0.694. The van der Waals surface area contributed by atoms with Crippen molar-refractivity contribution in [3.8, 4) is 5.75 Å². The molecule has 0 bridgehead atoms. The van der Waals surface area contributed by atoms with Crippen LogP contribution in [0.25, 0.3) is 0 Å². The number of esters is 1. The highest BCUT2D eigenvalue weighted by Crippen LogP contribution is 2.12. The van der Waals surface area contributed by atoms with Crippen molar-refractivity contribution >= 4 is 5.97 Å². The molecule has 3 nitrogen and oxygen atoms in total. The Morgan fingerprint density at radius 2 is 2.12 bits per heavy atom. The third-order valence-electron chi connectivity index (χ3n) is 2.03. The Balaban J connectivity index is 2.22. The molecule has 0 amide bonds. The number of carbonyl (C=O) groups is 1. The first-order valence-electron chi connectivity index (χ1n) is 5.57. The fraction of sp³-hybridized carbons (Fsp3) is 0.462. The standard InChI is InChI=1S/C13H18O3/c1-3-8-16-13(14)7-9-15-12-6-4-5-11(2)10-12/h4-6,10H,3,7-9H2,1-2H3. The second-order valence-corrected chi connectivity index (χ2v) is 3.64. The SMILES string of the molecule is CCCOC(=O)CCOc1cccc(C)c1. The average molecular weight is 222 g/mol. The lowest BCUT2D eigenvalue weighted by atomic mass is 10.2. The van der Waals surface area contributed by atoms with E-state index in [-0.39, 0.29) is 5.97 Å². The molecule has 0 fully saturated rings. The largest absolute Gasteiger partial charge is 0.493 e. The van der Waals surface area contributed by atoms with Gasteiger partial charge in [0, 0.05) is 0 Å². The summed E-state index contributed by atoms with van der Waals surface area (Å²) in [6, 6.07) is 7.75. The molecule has 88 valence electrons. The van der Waals surface area contributed by atoms with Gasteiger partial charge in [-0.1, -0.05) is 19.1 Å². The molecular weight excluding hydrogens is 204 g/mol. The molecule has 0 N–H and O–H groups in total. The summed E-state index contributed by atoms with van der Waals surface area (Å²) in [4.78, 5) is 11.2. The highest BCUT2D eigenvalue weighted by Gasteiger charge is 2.02. The summed E-state index contributed by atoms with van der Waals surface area (Å²) >= 11 is 0. The van der Waals surface area contributed by atoms with E-state index in [2.05, 4.69) is 0 Å². The van der Waals surface area contributed by atoms with Crippen LogP contribution >= 0.6 is 0 Å². The van der Waals surface area contributed by atoms with Gasteiger partial charge in [0.1, 0.15) is 5.75 Å². The van der Waals surface area contributed by atoms with E-state index in [0.717, 1.165) is 17.7 Å². The van der Waals surface area contributed by atoms with Gasteiger partial charge in [-0.2, -0.15) is 0 Å². The number of aryl methyl sites for hydroxylation is 1. The summed E-state index contributed by atoms with van der Waals surface area (Å²) in [5.74, 6) is 0.595. The number of hydrogen-bond donors (Lipinski definition) is 0. The van der Waals surface area contributed by atoms with Gasteiger partial charge in [-0.3, -0.25) is 4.79 Å². The van der Waals surface area contributed by atoms with Crippen LogP contribution in [0.1, 0.15) is 25.3 Å². The van der Waals surface area contributed by atoms with Gasteiger partial charge in [0.25, 0.3) is 0 Å². The van der Waals surface area contributed by atoms with Crippen molar-refractivity contribution in [3.05, 3.63) is 29.8 Å². The van der Waals surface area contributed by atoms with Gasteiger partial charge in [-0.05, 0) is 31.0 Å². The fourth-order valence-corrected chi connectivity index (χ4v) is 1.25. The lowest BCUT2D eigenvalue weighted by molar-refractivity contribution is -0.144. The van der Waals surface area contributed by atoms with Crippen molar-refractivity contribution in [2.75, 3.05) is 13.2 Å². The minimum atomic E-state index is -0.200. The molecule has 1 rings (SSSR count). The third-order valence-corrected chi connectivity index (χ3v) is 2.03. The maximum Gasteiger partial charge on any atom is 0.309 e. The average Bonchev–Trinajstić information content (AvgIpc) is 2.26. The molecule has 0 spiro atoms. The predicted molar refractivity (Wildman–Crippen MR) is 62.5 cm³/mol. The molecule has 0 saturated carbocycles. The van der Waals surface area contributed by atoms with Crippen LogP contribution in [0.3, 0.4) is 0 Å². The van der Waals surface area contributed by atoms with Crippen LogP contribution in [0.15, 0.2) is 24.3 Å². The molecule has 0 radical (unpaired) electrons. The number of hydrogen-bond acceptors (Lipinski definition) is 3. The topological polar surface area (TPSA) is 35.5 Å². The molecule has 0 heterocycles. The lowest BCUT2D eigenvalue weighted by Gasteiger charge is -2.06. The van der Waals surface area contributed by atoms with E-state index in [4.69, 9.17) is 9.47 Å². The van der Waals surface area contributed by atoms with E-state index in [9.17, 15) is 4.79 Å². The molecule has 0 aromatic heterocycles. The normalized spacial score (nSPS) is 9.88. The Morgan fingerprint density at radius 3 is 2.81 bits per heavy atom. The number of benzene rings is 1. The molecule has 0 aliphatic carbocycles. The highest BCUT2D eigenvalue weighted by atomic mass is 16.5. The van der Waals surface area contributed by atoms with Crippen LogP contribution in [0.5, 0.6) is 5.75 Å². The number of ether oxygens (including phenoxy) is 2. The van der Waals surface area contributed by atoms with E-state index < -0.39 is 0 Å². The Hall–Kier alpha value is -1.51. The first-order valence-corrected chi connectivity index (χ1v) is 5.57. The minimum Gasteiger partial charge on any atom is -0.493 e. The molecule has 0 saturated heterocycles. The predicted octanol–water partition coefficient (Wildman–Crippen LogP) is 2.72. The van der Waals surface area contributed by atoms with Crippen molar-refractivity contribution in [1.29, 1.82) is 0 Å². The van der Waals surface area contributed by atoms with Gasteiger partial charge in [-0.25, -0.2) is 0 Å². The zero-order valence-corrected chi connectivity index (χ0v) is 9.86. The zero-order valence-electron chi connectivity index (χ0n) is 9.86. The molecule has 3 heteroatoms. The second kappa shape index (κ2) is 6.88. The molecule has 0 atom stereocenters. The lowest BCUT2D eigenvalue weighted by Crippen LogP contribution is -2.10. The first-order chi connectivity index (χ1) is 7.72. The van der Waals surface area contributed by atoms with E-state index in [1.165, 1.54) is 0 Å². The smallest absolute Gasteiger partial charge is 0.309 e. The Labute approximate surface area is 96.4 Å². The molecule has 1 aromatic rings. The van der Waals surface area contributed by atoms with Crippen molar-refractivity contribution in [1.82, 2.24) is 0 Å². The van der Waals surface area contributed by atoms with E-state index >= 15 is 0 Å². The highest BCUT2D eigenvalue weighted by molar-refractivity contribution is 5.69. The first kappa shape index (κ1) is 12.6. The van der Waals surface area contributed by atoms with E-state index in [1.807, 2.05) is 38.1 Å². The van der Waals surface area contributed by atoms with Crippen LogP contribution in [-0.4, -0.2) is 19.2 Å². The Morgan fingerprint density at radius 1 is 1.31 bits per heavy atom. The van der Waals surface area contributed by atoms with Crippen LogP contribution in [0, 0.1) is 6.92 Å². The van der Waals surface area contributed by atoms with Gasteiger partial charge in [0.15, 0.2) is 0 Å². The van der Waals surface area contributed by atoms with Gasteiger partial charge in [0.2, 0.25) is 0 Å². The number of carbonyl (C=O) groups excluding carboxylic acids is 1. The van der Waals surface area contributed by atoms with Gasteiger partial charge in [0.05, 0.1) is 19.6 Å². The molecule has 0 aliphatic heterocycles. The van der Waals surface area contributed by atoms with Gasteiger partial charge >= 0.3 is 5.97 Å². The summed E-state index contributed by atoms with van der Waals surface area (Å²) in [6.45, 7) is 4.83. The fourth-order valence-electron chi connectivity index (χ4n) is 1.25. The number of rotatable bonds is 6. The van der Waals surface area contributed by atoms with Crippen molar-refractivity contribution < 1.29 is 14.3 Å². The molecule has 16 heavy (non-hydrogen) atoms. The maximum atomic E-state index is 11.2. The van der Waals surface area contributed by atoms with Crippen LogP contribution < -0.4 is 4.74 Å². The summed E-state index contributed by atoms with van der Waals surface area (Å²) in [7, 11) is 0. The molecule has 0 unspecified atom stereocenters. The second-order valence-electron chi connectivity index (χ2n) is 3.64. The molecule has 0 aliphatic rings. The van der Waals surface area contributed by atoms with E-state index in [0.29, 0.717) is 19.6 Å². The summed E-state index contributed by atoms with van der Waals surface area (Å²) in [5, 5.41) is 0. The van der Waals surface area contributed by atoms with Crippen molar-refractivity contribution in [2.24, 2.45) is 0 Å².